The Balaban J connectivity index is 1.64. The van der Waals surface area contributed by atoms with E-state index in [2.05, 4.69) is 39.3 Å². The first kappa shape index (κ1) is 25.9. The third-order valence-corrected chi connectivity index (χ3v) is 6.61. The molecule has 0 aliphatic carbocycles. The highest BCUT2D eigenvalue weighted by Gasteiger charge is 2.28. The zero-order valence-electron chi connectivity index (χ0n) is 21.4. The van der Waals surface area contributed by atoms with Crippen molar-refractivity contribution in [1.29, 1.82) is 5.41 Å². The van der Waals surface area contributed by atoms with Crippen LogP contribution in [-0.4, -0.2) is 78.4 Å². The van der Waals surface area contributed by atoms with Crippen molar-refractivity contribution in [2.75, 3.05) is 51.6 Å². The number of pyridine rings is 1. The number of ether oxygens (including phenoxy) is 1. The van der Waals surface area contributed by atoms with Gasteiger partial charge < -0.3 is 25.3 Å². The standard InChI is InChI=1S/C25H31N9O3/c1-27-24-16(14-26)11-17(15-29-24)19-5-8-28-25(30-19)31-20-12-22(34(35)36)21(13-23(20)37-4)33-9-6-18(7-10-33)32(2)3/h5,8,11-15,18,26H,6-7,9-10H2,1-4H3,(H,27,29)(H,28,30,31)/p+1. The maximum absolute atomic E-state index is 12.0. The fourth-order valence-electron chi connectivity index (χ4n) is 4.54. The number of nitrogens with one attached hydrogen (secondary N) is 2. The van der Waals surface area contributed by atoms with E-state index < -0.39 is 0 Å². The summed E-state index contributed by atoms with van der Waals surface area (Å²) in [5.41, 5.74) is 2.93. The molecular formula is C25H32N9O3+. The van der Waals surface area contributed by atoms with Gasteiger partial charge in [-0.05, 0) is 39.1 Å². The molecule has 0 unspecified atom stereocenters. The van der Waals surface area contributed by atoms with E-state index in [1.54, 1.807) is 24.5 Å². The molecule has 4 N–H and O–H groups in total. The number of nitro benzene ring substituents is 1. The highest BCUT2D eigenvalue weighted by Crippen LogP contribution is 2.40. The second-order valence-electron chi connectivity index (χ2n) is 9.00. The number of anilines is 3. The minimum Gasteiger partial charge on any atom is -0.494 e. The van der Waals surface area contributed by atoms with Crippen LogP contribution >= 0.6 is 0 Å². The van der Waals surface area contributed by atoms with Gasteiger partial charge in [-0.2, -0.15) is 0 Å². The number of nitrogens with two attached hydrogens (primary N) is 1. The van der Waals surface area contributed by atoms with Crippen molar-refractivity contribution >= 4 is 35.0 Å². The molecule has 1 aliphatic heterocycles. The van der Waals surface area contributed by atoms with Gasteiger partial charge in [0.15, 0.2) is 0 Å². The van der Waals surface area contributed by atoms with Gasteiger partial charge in [0.1, 0.15) is 11.4 Å². The number of piperidine rings is 1. The van der Waals surface area contributed by atoms with Crippen LogP contribution in [0.1, 0.15) is 18.4 Å². The number of aromatic nitrogens is 3. The summed E-state index contributed by atoms with van der Waals surface area (Å²) in [7, 11) is 7.52. The minimum atomic E-state index is -0.369. The Labute approximate surface area is 215 Å². The predicted octanol–water partition coefficient (Wildman–Crippen LogP) is 2.55. The van der Waals surface area contributed by atoms with Gasteiger partial charge in [-0.3, -0.25) is 15.4 Å². The Bertz CT molecular complexity index is 1290. The molecule has 0 saturated carbocycles. The number of hydrogen-bond donors (Lipinski definition) is 3. The summed E-state index contributed by atoms with van der Waals surface area (Å²) in [4.78, 5) is 29.2. The molecular weight excluding hydrogens is 474 g/mol. The van der Waals surface area contributed by atoms with Gasteiger partial charge in [-0.25, -0.2) is 15.0 Å². The number of quaternary nitrogens is 1. The second kappa shape index (κ2) is 11.3. The molecule has 12 nitrogen and oxygen atoms in total. The van der Waals surface area contributed by atoms with E-state index in [4.69, 9.17) is 10.1 Å². The molecule has 0 radical (unpaired) electrons. The quantitative estimate of drug-likeness (QED) is 0.226. The number of nitro groups is 1. The van der Waals surface area contributed by atoms with Crippen molar-refractivity contribution in [3.63, 3.8) is 0 Å². The number of methoxy groups -OCH3 is 1. The molecule has 3 aromatic rings. The Hall–Kier alpha value is -4.16. The van der Waals surface area contributed by atoms with Crippen molar-refractivity contribution in [1.82, 2.24) is 19.9 Å². The number of nitrogens with zero attached hydrogens (tertiary/aromatic N) is 6. The predicted molar refractivity (Wildman–Crippen MR) is 143 cm³/mol. The Morgan fingerprint density at radius 2 is 2.03 bits per heavy atom. The second-order valence-corrected chi connectivity index (χ2v) is 9.00. The molecule has 1 aromatic carbocycles. The first-order chi connectivity index (χ1) is 17.8. The molecule has 0 bridgehead atoms. The van der Waals surface area contributed by atoms with Crippen molar-refractivity contribution in [3.8, 4) is 17.0 Å². The van der Waals surface area contributed by atoms with Gasteiger partial charge >= 0.3 is 0 Å². The lowest BCUT2D eigenvalue weighted by Crippen LogP contribution is -2.73. The summed E-state index contributed by atoms with van der Waals surface area (Å²) in [6.45, 7) is 1.45. The summed E-state index contributed by atoms with van der Waals surface area (Å²) in [6.07, 6.45) is 6.39. The van der Waals surface area contributed by atoms with Crippen molar-refractivity contribution < 1.29 is 15.0 Å². The molecule has 37 heavy (non-hydrogen) atoms. The van der Waals surface area contributed by atoms with Crippen LogP contribution in [-0.2, 0) is 0 Å². The number of rotatable bonds is 9. The van der Waals surface area contributed by atoms with Crippen LogP contribution in [0.25, 0.3) is 11.3 Å². The first-order valence-electron chi connectivity index (χ1n) is 12.0. The lowest BCUT2D eigenvalue weighted by molar-refractivity contribution is -0.543. The summed E-state index contributed by atoms with van der Waals surface area (Å²) in [5.74, 6) is 1.43. The summed E-state index contributed by atoms with van der Waals surface area (Å²) in [6, 6.07) is 7.22. The van der Waals surface area contributed by atoms with Gasteiger partial charge in [-0.1, -0.05) is 0 Å². The zero-order chi connectivity index (χ0) is 26.5. The van der Waals surface area contributed by atoms with Crippen molar-refractivity contribution in [2.24, 2.45) is 0 Å². The van der Waals surface area contributed by atoms with E-state index in [9.17, 15) is 10.1 Å². The lowest BCUT2D eigenvalue weighted by Gasteiger charge is -2.36. The monoisotopic (exact) mass is 506 g/mol. The molecule has 1 fully saturated rings. The van der Waals surface area contributed by atoms with E-state index in [1.165, 1.54) is 19.4 Å². The molecule has 12 heteroatoms. The fourth-order valence-corrected chi connectivity index (χ4v) is 4.54. The summed E-state index contributed by atoms with van der Waals surface area (Å²) >= 11 is 0. The average Bonchev–Trinajstić information content (AvgIpc) is 2.92. The highest BCUT2D eigenvalue weighted by atomic mass is 16.6. The third-order valence-electron chi connectivity index (χ3n) is 6.61. The van der Waals surface area contributed by atoms with Crippen molar-refractivity contribution in [2.45, 2.75) is 18.9 Å². The van der Waals surface area contributed by atoms with Crippen LogP contribution < -0.4 is 20.3 Å². The van der Waals surface area contributed by atoms with E-state index in [-0.39, 0.29) is 16.6 Å². The number of hydrogen-bond acceptors (Lipinski definition) is 10. The van der Waals surface area contributed by atoms with Crippen molar-refractivity contribution in [3.05, 3.63) is 52.3 Å². The van der Waals surface area contributed by atoms with Crippen LogP contribution in [0.4, 0.5) is 28.8 Å². The van der Waals surface area contributed by atoms with Crippen LogP contribution in [0, 0.1) is 15.5 Å². The SMILES string of the molecule is C[NH2+]c1ncc(-c2ccnc(Nc3cc([N+](=O)[O-])c(N4CCC(N(C)C)CC4)cc3OC)n2)cc1C=N. The molecule has 2 aromatic heterocycles. The molecule has 0 atom stereocenters. The summed E-state index contributed by atoms with van der Waals surface area (Å²) < 4.78 is 5.60. The van der Waals surface area contributed by atoms with E-state index in [0.717, 1.165) is 31.5 Å². The van der Waals surface area contributed by atoms with Gasteiger partial charge in [-0.15, -0.1) is 0 Å². The highest BCUT2D eigenvalue weighted by molar-refractivity contribution is 5.84. The Morgan fingerprint density at radius 1 is 1.27 bits per heavy atom. The van der Waals surface area contributed by atoms with E-state index in [0.29, 0.717) is 40.2 Å². The maximum atomic E-state index is 12.0. The topological polar surface area (TPSA) is 150 Å². The smallest absolute Gasteiger partial charge is 0.294 e. The Kier molecular flexibility index (Phi) is 7.89. The Morgan fingerprint density at radius 3 is 2.65 bits per heavy atom. The average molecular weight is 507 g/mol. The van der Waals surface area contributed by atoms with Crippen LogP contribution in [0.15, 0.2) is 36.7 Å². The van der Waals surface area contributed by atoms with E-state index in [1.807, 2.05) is 23.3 Å². The van der Waals surface area contributed by atoms with Crippen LogP contribution in [0.2, 0.25) is 0 Å². The van der Waals surface area contributed by atoms with Gasteiger partial charge in [0.2, 0.25) is 11.8 Å². The third kappa shape index (κ3) is 5.65. The lowest BCUT2D eigenvalue weighted by atomic mass is 10.0. The zero-order valence-corrected chi connectivity index (χ0v) is 21.4. The molecule has 4 rings (SSSR count). The van der Waals surface area contributed by atoms with Gasteiger partial charge in [0.05, 0.1) is 36.0 Å². The summed E-state index contributed by atoms with van der Waals surface area (Å²) in [5, 5.41) is 24.6. The molecule has 1 saturated heterocycles. The maximum Gasteiger partial charge on any atom is 0.294 e. The first-order valence-corrected chi connectivity index (χ1v) is 12.0. The fraction of sp³-hybridized carbons (Fsp3) is 0.360. The number of benzene rings is 1. The van der Waals surface area contributed by atoms with E-state index >= 15 is 0 Å². The molecule has 194 valence electrons. The van der Waals surface area contributed by atoms with Gasteiger partial charge in [0.25, 0.3) is 5.69 Å². The minimum absolute atomic E-state index is 0.00557. The molecule has 0 amide bonds. The van der Waals surface area contributed by atoms with Gasteiger partial charge in [0, 0.05) is 55.4 Å². The largest absolute Gasteiger partial charge is 0.494 e. The molecule has 3 heterocycles. The molecule has 1 aliphatic rings. The normalized spacial score (nSPS) is 14.0. The van der Waals surface area contributed by atoms with Crippen LogP contribution in [0.5, 0.6) is 5.75 Å². The molecule has 0 spiro atoms. The van der Waals surface area contributed by atoms with Crippen LogP contribution in [0.3, 0.4) is 0 Å².